The minimum Gasteiger partial charge on any atom is -0.398 e. The molecule has 1 fully saturated rings. The number of hydrogen-bond donors (Lipinski definition) is 1. The lowest BCUT2D eigenvalue weighted by Crippen LogP contribution is -2.37. The Hall–Kier alpha value is -1.77. The number of benzene rings is 1. The second-order valence-corrected chi connectivity index (χ2v) is 6.25. The summed E-state index contributed by atoms with van der Waals surface area (Å²) in [5.74, 6) is 0. The van der Waals surface area contributed by atoms with Crippen LogP contribution in [0.5, 0.6) is 0 Å². The van der Waals surface area contributed by atoms with E-state index in [1.165, 1.54) is 23.9 Å². The number of pyridine rings is 1. The zero-order valence-electron chi connectivity index (χ0n) is 11.7. The highest BCUT2D eigenvalue weighted by Gasteiger charge is 2.26. The molecule has 3 nitrogen and oxygen atoms in total. The van der Waals surface area contributed by atoms with Gasteiger partial charge in [0.1, 0.15) is 0 Å². The molecule has 0 saturated carbocycles. The smallest absolute Gasteiger partial charge is 0.0448 e. The van der Waals surface area contributed by atoms with Gasteiger partial charge in [-0.25, -0.2) is 0 Å². The molecule has 0 radical (unpaired) electrons. The molecule has 1 aromatic heterocycles. The molecule has 2 heterocycles. The van der Waals surface area contributed by atoms with E-state index < -0.39 is 0 Å². The molecule has 0 atom stereocenters. The van der Waals surface area contributed by atoms with E-state index in [4.69, 9.17) is 5.73 Å². The second kappa shape index (κ2) is 4.41. The summed E-state index contributed by atoms with van der Waals surface area (Å²) in [4.78, 5) is 6.66. The maximum atomic E-state index is 6.04. The first-order valence-electron chi connectivity index (χ1n) is 6.94. The quantitative estimate of drug-likeness (QED) is 0.794. The summed E-state index contributed by atoms with van der Waals surface area (Å²) < 4.78 is 0. The Morgan fingerprint density at radius 2 is 1.84 bits per heavy atom. The molecule has 3 rings (SSSR count). The van der Waals surface area contributed by atoms with Crippen molar-refractivity contribution in [3.8, 4) is 0 Å². The number of rotatable bonds is 1. The van der Waals surface area contributed by atoms with Crippen LogP contribution in [0, 0.1) is 5.41 Å². The maximum absolute atomic E-state index is 6.04. The highest BCUT2D eigenvalue weighted by Crippen LogP contribution is 2.36. The van der Waals surface area contributed by atoms with Crippen LogP contribution < -0.4 is 10.6 Å². The van der Waals surface area contributed by atoms with Crippen LogP contribution in [0.15, 0.2) is 30.6 Å². The average Bonchev–Trinajstić information content (AvgIpc) is 2.40. The van der Waals surface area contributed by atoms with Crippen LogP contribution in [0.25, 0.3) is 10.8 Å². The van der Waals surface area contributed by atoms with Crippen molar-refractivity contribution in [3.05, 3.63) is 30.6 Å². The minimum absolute atomic E-state index is 0.474. The van der Waals surface area contributed by atoms with Gasteiger partial charge in [-0.1, -0.05) is 13.8 Å². The van der Waals surface area contributed by atoms with Gasteiger partial charge in [-0.05, 0) is 36.5 Å². The van der Waals surface area contributed by atoms with Crippen molar-refractivity contribution in [2.24, 2.45) is 5.41 Å². The van der Waals surface area contributed by atoms with E-state index in [9.17, 15) is 0 Å². The fourth-order valence-electron chi connectivity index (χ4n) is 2.82. The third kappa shape index (κ3) is 2.25. The minimum atomic E-state index is 0.474. The molecule has 2 N–H and O–H groups in total. The molecule has 19 heavy (non-hydrogen) atoms. The summed E-state index contributed by atoms with van der Waals surface area (Å²) in [6.07, 6.45) is 6.19. The van der Waals surface area contributed by atoms with Gasteiger partial charge < -0.3 is 10.6 Å². The molecule has 0 bridgehead atoms. The third-order valence-electron chi connectivity index (χ3n) is 4.29. The lowest BCUT2D eigenvalue weighted by molar-refractivity contribution is 0.280. The van der Waals surface area contributed by atoms with E-state index in [0.717, 1.165) is 24.2 Å². The van der Waals surface area contributed by atoms with Gasteiger partial charge in [0.05, 0.1) is 0 Å². The number of anilines is 2. The molecule has 0 spiro atoms. The first-order valence-corrected chi connectivity index (χ1v) is 6.94. The lowest BCUT2D eigenvalue weighted by atomic mass is 9.82. The molecule has 1 aliphatic rings. The van der Waals surface area contributed by atoms with E-state index in [2.05, 4.69) is 35.9 Å². The van der Waals surface area contributed by atoms with Crippen molar-refractivity contribution in [2.45, 2.75) is 26.7 Å². The van der Waals surface area contributed by atoms with Gasteiger partial charge in [0.2, 0.25) is 0 Å². The lowest BCUT2D eigenvalue weighted by Gasteiger charge is -2.38. The van der Waals surface area contributed by atoms with Crippen molar-refractivity contribution in [3.63, 3.8) is 0 Å². The third-order valence-corrected chi connectivity index (χ3v) is 4.29. The number of hydrogen-bond acceptors (Lipinski definition) is 3. The zero-order valence-corrected chi connectivity index (χ0v) is 11.7. The Balaban J connectivity index is 2.00. The highest BCUT2D eigenvalue weighted by molar-refractivity contribution is 6.00. The number of piperidine rings is 1. The Morgan fingerprint density at radius 1 is 1.11 bits per heavy atom. The Morgan fingerprint density at radius 3 is 2.58 bits per heavy atom. The molecule has 1 aromatic carbocycles. The number of nitrogens with zero attached hydrogens (tertiary/aromatic N) is 2. The van der Waals surface area contributed by atoms with E-state index in [1.54, 1.807) is 0 Å². The SMILES string of the molecule is CC1(C)CCN(c2ccc(N)c3cnccc23)CC1. The topological polar surface area (TPSA) is 42.1 Å². The van der Waals surface area contributed by atoms with E-state index in [1.807, 2.05) is 18.5 Å². The average molecular weight is 255 g/mol. The summed E-state index contributed by atoms with van der Waals surface area (Å²) in [5.41, 5.74) is 8.62. The molecule has 0 aliphatic carbocycles. The van der Waals surface area contributed by atoms with E-state index >= 15 is 0 Å². The van der Waals surface area contributed by atoms with Crippen molar-refractivity contribution < 1.29 is 0 Å². The maximum Gasteiger partial charge on any atom is 0.0448 e. The van der Waals surface area contributed by atoms with Crippen molar-refractivity contribution >= 4 is 22.1 Å². The Labute approximate surface area is 114 Å². The van der Waals surface area contributed by atoms with Gasteiger partial charge in [0, 0.05) is 47.6 Å². The number of aromatic nitrogens is 1. The van der Waals surface area contributed by atoms with E-state index in [-0.39, 0.29) is 0 Å². The van der Waals surface area contributed by atoms with Crippen molar-refractivity contribution in [1.29, 1.82) is 0 Å². The van der Waals surface area contributed by atoms with Crippen LogP contribution in [0.4, 0.5) is 11.4 Å². The molecule has 0 amide bonds. The first-order chi connectivity index (χ1) is 9.07. The fraction of sp³-hybridized carbons (Fsp3) is 0.438. The molecule has 2 aromatic rings. The van der Waals surface area contributed by atoms with Crippen LogP contribution in [-0.2, 0) is 0 Å². The first kappa shape index (κ1) is 12.3. The predicted molar refractivity (Wildman–Crippen MR) is 81.4 cm³/mol. The number of fused-ring (bicyclic) bond motifs is 1. The second-order valence-electron chi connectivity index (χ2n) is 6.25. The predicted octanol–water partition coefficient (Wildman–Crippen LogP) is 3.44. The summed E-state index contributed by atoms with van der Waals surface area (Å²) in [6, 6.07) is 6.22. The molecule has 100 valence electrons. The van der Waals surface area contributed by atoms with Gasteiger partial charge in [-0.2, -0.15) is 0 Å². The Kier molecular flexibility index (Phi) is 2.85. The van der Waals surface area contributed by atoms with Gasteiger partial charge in [-0.3, -0.25) is 4.98 Å². The normalized spacial score (nSPS) is 18.7. The van der Waals surface area contributed by atoms with E-state index in [0.29, 0.717) is 5.41 Å². The van der Waals surface area contributed by atoms with Crippen molar-refractivity contribution in [1.82, 2.24) is 4.98 Å². The van der Waals surface area contributed by atoms with Crippen LogP contribution in [-0.4, -0.2) is 18.1 Å². The van der Waals surface area contributed by atoms with Crippen LogP contribution in [0.3, 0.4) is 0 Å². The zero-order chi connectivity index (χ0) is 13.5. The fourth-order valence-corrected chi connectivity index (χ4v) is 2.82. The summed E-state index contributed by atoms with van der Waals surface area (Å²) in [6.45, 7) is 6.95. The van der Waals surface area contributed by atoms with Crippen molar-refractivity contribution in [2.75, 3.05) is 23.7 Å². The molecule has 1 saturated heterocycles. The van der Waals surface area contributed by atoms with Crippen LogP contribution >= 0.6 is 0 Å². The summed E-state index contributed by atoms with van der Waals surface area (Å²) in [5, 5.41) is 2.28. The molecular formula is C16H21N3. The highest BCUT2D eigenvalue weighted by atomic mass is 15.1. The molecular weight excluding hydrogens is 234 g/mol. The molecule has 0 unspecified atom stereocenters. The van der Waals surface area contributed by atoms with Gasteiger partial charge in [0.15, 0.2) is 0 Å². The Bertz CT molecular complexity index is 594. The van der Waals surface area contributed by atoms with Gasteiger partial charge in [0.25, 0.3) is 0 Å². The standard InChI is InChI=1S/C16H21N3/c1-16(2)6-9-19(10-7-16)15-4-3-14(17)13-11-18-8-5-12(13)15/h3-5,8,11H,6-7,9-10,17H2,1-2H3. The van der Waals surface area contributed by atoms with Crippen LogP contribution in [0.1, 0.15) is 26.7 Å². The molecule has 3 heteroatoms. The number of nitrogen functional groups attached to an aromatic ring is 1. The van der Waals surface area contributed by atoms with Crippen LogP contribution in [0.2, 0.25) is 0 Å². The van der Waals surface area contributed by atoms with Gasteiger partial charge in [-0.15, -0.1) is 0 Å². The molecule has 1 aliphatic heterocycles. The monoisotopic (exact) mass is 255 g/mol. The summed E-state index contributed by atoms with van der Waals surface area (Å²) >= 11 is 0. The largest absolute Gasteiger partial charge is 0.398 e. The summed E-state index contributed by atoms with van der Waals surface area (Å²) in [7, 11) is 0. The number of nitrogens with two attached hydrogens (primary N) is 1. The van der Waals surface area contributed by atoms with Gasteiger partial charge >= 0.3 is 0 Å².